The molecule has 0 saturated carbocycles. The first-order chi connectivity index (χ1) is 15.1. The zero-order chi connectivity index (χ0) is 23.0. The molecule has 0 bridgehead atoms. The van der Waals surface area contributed by atoms with Crippen molar-refractivity contribution < 1.29 is 4.79 Å². The van der Waals surface area contributed by atoms with Crippen molar-refractivity contribution in [2.75, 3.05) is 16.8 Å². The smallest absolute Gasteiger partial charge is 0.232 e. The highest BCUT2D eigenvalue weighted by Crippen LogP contribution is 2.32. The molecule has 0 atom stereocenters. The van der Waals surface area contributed by atoms with Crippen LogP contribution in [-0.2, 0) is 17.8 Å². The zero-order valence-corrected chi connectivity index (χ0v) is 19.8. The maximum absolute atomic E-state index is 12.2. The van der Waals surface area contributed by atoms with Crippen molar-refractivity contribution in [1.82, 2.24) is 19.9 Å². The third-order valence-electron chi connectivity index (χ3n) is 5.48. The number of nitrogens with zero attached hydrogens (tertiary/aromatic N) is 5. The Hall–Kier alpha value is -3.06. The highest BCUT2D eigenvalue weighted by molar-refractivity contribution is 6.33. The van der Waals surface area contributed by atoms with Gasteiger partial charge in [0.1, 0.15) is 5.82 Å². The SMILES string of the molecule is Cc1cnc(-c2cc(N3CCc4nc(NC(=O)C(C)(C)C)ncc4C3)ncc2Cl)c(C)c1. The third kappa shape index (κ3) is 4.58. The van der Waals surface area contributed by atoms with Crippen LogP contribution in [0.2, 0.25) is 5.02 Å². The second kappa shape index (κ2) is 8.47. The fraction of sp³-hybridized carbons (Fsp3) is 0.375. The van der Waals surface area contributed by atoms with E-state index in [4.69, 9.17) is 11.6 Å². The molecule has 0 spiro atoms. The van der Waals surface area contributed by atoms with Gasteiger partial charge in [0.15, 0.2) is 0 Å². The molecule has 1 N–H and O–H groups in total. The van der Waals surface area contributed by atoms with Crippen molar-refractivity contribution >= 4 is 29.3 Å². The number of amides is 1. The van der Waals surface area contributed by atoms with Gasteiger partial charge in [0.2, 0.25) is 11.9 Å². The first-order valence-corrected chi connectivity index (χ1v) is 11.0. The minimum Gasteiger partial charge on any atom is -0.352 e. The molecule has 7 nitrogen and oxygen atoms in total. The molecule has 3 aromatic heterocycles. The Morgan fingerprint density at radius 3 is 2.59 bits per heavy atom. The van der Waals surface area contributed by atoms with E-state index in [9.17, 15) is 4.79 Å². The topological polar surface area (TPSA) is 83.9 Å². The summed E-state index contributed by atoms with van der Waals surface area (Å²) in [7, 11) is 0. The Bertz CT molecular complexity index is 1190. The summed E-state index contributed by atoms with van der Waals surface area (Å²) in [6.45, 7) is 11.0. The normalized spacial score (nSPS) is 13.6. The van der Waals surface area contributed by atoms with Crippen molar-refractivity contribution in [2.45, 2.75) is 47.6 Å². The standard InChI is InChI=1S/C24H27ClN6O/c1-14-8-15(2)21(27-10-14)17-9-20(26-12-18(17)25)31-7-6-19-16(13-31)11-28-23(29-19)30-22(32)24(3,4)5/h8-12H,6-7,13H2,1-5H3,(H,28,29,30,32). The summed E-state index contributed by atoms with van der Waals surface area (Å²) in [5, 5.41) is 3.38. The quantitative estimate of drug-likeness (QED) is 0.619. The maximum atomic E-state index is 12.2. The van der Waals surface area contributed by atoms with Gasteiger partial charge in [-0.3, -0.25) is 15.1 Å². The van der Waals surface area contributed by atoms with Gasteiger partial charge in [0.05, 0.1) is 16.4 Å². The van der Waals surface area contributed by atoms with E-state index >= 15 is 0 Å². The number of aryl methyl sites for hydroxylation is 2. The molecule has 0 aromatic carbocycles. The Morgan fingerprint density at radius 1 is 1.09 bits per heavy atom. The zero-order valence-electron chi connectivity index (χ0n) is 19.0. The fourth-order valence-corrected chi connectivity index (χ4v) is 3.83. The van der Waals surface area contributed by atoms with Crippen molar-refractivity contribution in [3.05, 3.63) is 58.1 Å². The van der Waals surface area contributed by atoms with Crippen LogP contribution >= 0.6 is 11.6 Å². The number of anilines is 2. The molecular formula is C24H27ClN6O. The minimum absolute atomic E-state index is 0.104. The fourth-order valence-electron chi connectivity index (χ4n) is 3.64. The van der Waals surface area contributed by atoms with E-state index in [-0.39, 0.29) is 5.91 Å². The predicted octanol–water partition coefficient (Wildman–Crippen LogP) is 4.75. The molecule has 1 aliphatic rings. The van der Waals surface area contributed by atoms with Gasteiger partial charge in [-0.1, -0.05) is 38.4 Å². The summed E-state index contributed by atoms with van der Waals surface area (Å²) in [6, 6.07) is 4.10. The Balaban J connectivity index is 1.57. The van der Waals surface area contributed by atoms with Crippen LogP contribution in [0.3, 0.4) is 0 Å². The summed E-state index contributed by atoms with van der Waals surface area (Å²) in [6.07, 6.45) is 6.06. The Labute approximate surface area is 193 Å². The first kappa shape index (κ1) is 22.1. The molecule has 4 rings (SSSR count). The number of nitrogens with one attached hydrogen (secondary N) is 1. The molecule has 0 unspecified atom stereocenters. The van der Waals surface area contributed by atoms with Crippen molar-refractivity contribution in [3.63, 3.8) is 0 Å². The van der Waals surface area contributed by atoms with E-state index < -0.39 is 5.41 Å². The lowest BCUT2D eigenvalue weighted by atomic mass is 9.96. The number of hydrogen-bond acceptors (Lipinski definition) is 6. The lowest BCUT2D eigenvalue weighted by molar-refractivity contribution is -0.123. The van der Waals surface area contributed by atoms with Crippen LogP contribution in [0.15, 0.2) is 30.7 Å². The predicted molar refractivity (Wildman–Crippen MR) is 127 cm³/mol. The highest BCUT2D eigenvalue weighted by Gasteiger charge is 2.24. The van der Waals surface area contributed by atoms with Gasteiger partial charge in [0, 0.05) is 54.6 Å². The Morgan fingerprint density at radius 2 is 1.88 bits per heavy atom. The minimum atomic E-state index is -0.501. The summed E-state index contributed by atoms with van der Waals surface area (Å²) in [4.78, 5) is 32.5. The molecule has 166 valence electrons. The molecule has 0 radical (unpaired) electrons. The van der Waals surface area contributed by atoms with E-state index in [1.807, 2.05) is 46.9 Å². The molecular weight excluding hydrogens is 424 g/mol. The lowest BCUT2D eigenvalue weighted by Gasteiger charge is -2.29. The third-order valence-corrected chi connectivity index (χ3v) is 5.78. The molecule has 8 heteroatoms. The average molecular weight is 451 g/mol. The number of carbonyl (C=O) groups is 1. The number of fused-ring (bicyclic) bond motifs is 1. The second-order valence-corrected chi connectivity index (χ2v) is 9.65. The summed E-state index contributed by atoms with van der Waals surface area (Å²) in [5.41, 5.74) is 5.39. The van der Waals surface area contributed by atoms with E-state index in [0.717, 1.165) is 52.4 Å². The number of halogens is 1. The Kier molecular flexibility index (Phi) is 5.86. The molecule has 3 aromatic rings. The molecule has 4 heterocycles. The van der Waals surface area contributed by atoms with Crippen LogP contribution in [-0.4, -0.2) is 32.4 Å². The molecule has 32 heavy (non-hydrogen) atoms. The molecule has 0 aliphatic carbocycles. The lowest BCUT2D eigenvalue weighted by Crippen LogP contribution is -2.33. The summed E-state index contributed by atoms with van der Waals surface area (Å²) in [5.74, 6) is 1.08. The van der Waals surface area contributed by atoms with Gasteiger partial charge in [-0.25, -0.2) is 15.0 Å². The van der Waals surface area contributed by atoms with E-state index in [0.29, 0.717) is 17.5 Å². The van der Waals surface area contributed by atoms with Crippen LogP contribution in [0.4, 0.5) is 11.8 Å². The van der Waals surface area contributed by atoms with Gasteiger partial charge in [0.25, 0.3) is 0 Å². The average Bonchev–Trinajstić information content (AvgIpc) is 2.73. The number of carbonyl (C=O) groups excluding carboxylic acids is 1. The number of rotatable bonds is 3. The van der Waals surface area contributed by atoms with Gasteiger partial charge in [-0.15, -0.1) is 0 Å². The largest absolute Gasteiger partial charge is 0.352 e. The van der Waals surface area contributed by atoms with Crippen LogP contribution in [0.5, 0.6) is 0 Å². The van der Waals surface area contributed by atoms with Gasteiger partial charge in [-0.2, -0.15) is 0 Å². The van der Waals surface area contributed by atoms with Crippen LogP contribution in [0.25, 0.3) is 11.3 Å². The van der Waals surface area contributed by atoms with Crippen LogP contribution in [0, 0.1) is 19.3 Å². The molecule has 1 aliphatic heterocycles. The van der Waals surface area contributed by atoms with Gasteiger partial charge in [-0.05, 0) is 31.0 Å². The van der Waals surface area contributed by atoms with Crippen LogP contribution < -0.4 is 10.2 Å². The second-order valence-electron chi connectivity index (χ2n) is 9.24. The van der Waals surface area contributed by atoms with Gasteiger partial charge >= 0.3 is 0 Å². The highest BCUT2D eigenvalue weighted by atomic mass is 35.5. The monoisotopic (exact) mass is 450 g/mol. The van der Waals surface area contributed by atoms with E-state index in [1.165, 1.54) is 0 Å². The number of hydrogen-bond donors (Lipinski definition) is 1. The van der Waals surface area contributed by atoms with Crippen molar-refractivity contribution in [1.29, 1.82) is 0 Å². The first-order valence-electron chi connectivity index (χ1n) is 10.6. The number of pyridine rings is 2. The number of aromatic nitrogens is 4. The van der Waals surface area contributed by atoms with Gasteiger partial charge < -0.3 is 4.90 Å². The molecule has 0 saturated heterocycles. The van der Waals surface area contributed by atoms with Crippen molar-refractivity contribution in [2.24, 2.45) is 5.41 Å². The molecule has 1 amide bonds. The van der Waals surface area contributed by atoms with E-state index in [1.54, 1.807) is 12.4 Å². The maximum Gasteiger partial charge on any atom is 0.232 e. The van der Waals surface area contributed by atoms with Crippen LogP contribution in [0.1, 0.15) is 43.2 Å². The summed E-state index contributed by atoms with van der Waals surface area (Å²) < 4.78 is 0. The van der Waals surface area contributed by atoms with Crippen molar-refractivity contribution in [3.8, 4) is 11.3 Å². The van der Waals surface area contributed by atoms with E-state index in [2.05, 4.69) is 36.2 Å². The summed E-state index contributed by atoms with van der Waals surface area (Å²) >= 11 is 6.48. The molecule has 0 fully saturated rings.